The summed E-state index contributed by atoms with van der Waals surface area (Å²) < 4.78 is 23.1. The summed E-state index contributed by atoms with van der Waals surface area (Å²) in [5, 5.41) is 6.02. The SMILES string of the molecule is Cc1cc(C)cc(NC(=O)c2cncc(NC3CCS(=O)(=O)C3)c2)c1. The van der Waals surface area contributed by atoms with E-state index in [4.69, 9.17) is 0 Å². The average molecular weight is 359 g/mol. The Bertz CT molecular complexity index is 889. The fraction of sp³-hybridized carbons (Fsp3) is 0.333. The molecule has 1 atom stereocenters. The van der Waals surface area contributed by atoms with Gasteiger partial charge in [0.15, 0.2) is 9.84 Å². The molecule has 25 heavy (non-hydrogen) atoms. The molecule has 0 radical (unpaired) electrons. The van der Waals surface area contributed by atoms with Crippen LogP contribution in [0, 0.1) is 13.8 Å². The van der Waals surface area contributed by atoms with Crippen LogP contribution in [-0.2, 0) is 9.84 Å². The molecule has 7 heteroatoms. The van der Waals surface area contributed by atoms with E-state index in [1.165, 1.54) is 6.20 Å². The summed E-state index contributed by atoms with van der Waals surface area (Å²) >= 11 is 0. The largest absolute Gasteiger partial charge is 0.380 e. The second kappa shape index (κ2) is 6.84. The van der Waals surface area contributed by atoms with Gasteiger partial charge in [-0.2, -0.15) is 0 Å². The lowest BCUT2D eigenvalue weighted by Crippen LogP contribution is -2.21. The van der Waals surface area contributed by atoms with E-state index in [1.807, 2.05) is 32.0 Å². The van der Waals surface area contributed by atoms with Crippen LogP contribution in [0.3, 0.4) is 0 Å². The zero-order valence-electron chi connectivity index (χ0n) is 14.2. The Labute approximate surface area is 147 Å². The lowest BCUT2D eigenvalue weighted by molar-refractivity contribution is 0.102. The Morgan fingerprint density at radius 1 is 1.08 bits per heavy atom. The van der Waals surface area contributed by atoms with Gasteiger partial charge in [-0.1, -0.05) is 6.07 Å². The number of hydrogen-bond acceptors (Lipinski definition) is 5. The lowest BCUT2D eigenvalue weighted by atomic mass is 10.1. The molecule has 3 rings (SSSR count). The van der Waals surface area contributed by atoms with Crippen LogP contribution in [0.25, 0.3) is 0 Å². The molecule has 1 aromatic heterocycles. The fourth-order valence-electron chi connectivity index (χ4n) is 3.04. The van der Waals surface area contributed by atoms with Crippen molar-refractivity contribution < 1.29 is 13.2 Å². The van der Waals surface area contributed by atoms with E-state index in [2.05, 4.69) is 15.6 Å². The Morgan fingerprint density at radius 3 is 2.44 bits per heavy atom. The van der Waals surface area contributed by atoms with Gasteiger partial charge in [-0.15, -0.1) is 0 Å². The molecule has 0 bridgehead atoms. The lowest BCUT2D eigenvalue weighted by Gasteiger charge is -2.13. The second-order valence-electron chi connectivity index (χ2n) is 6.54. The summed E-state index contributed by atoms with van der Waals surface area (Å²) in [6.45, 7) is 3.95. The van der Waals surface area contributed by atoms with Gasteiger partial charge in [0.25, 0.3) is 5.91 Å². The monoisotopic (exact) mass is 359 g/mol. The van der Waals surface area contributed by atoms with E-state index >= 15 is 0 Å². The van der Waals surface area contributed by atoms with Crippen LogP contribution in [-0.4, -0.2) is 36.9 Å². The quantitative estimate of drug-likeness (QED) is 0.876. The number of aryl methyl sites for hydroxylation is 2. The molecule has 1 amide bonds. The molecular formula is C18H21N3O3S. The minimum atomic E-state index is -2.95. The van der Waals surface area contributed by atoms with E-state index in [0.717, 1.165) is 16.8 Å². The van der Waals surface area contributed by atoms with E-state index in [0.29, 0.717) is 17.7 Å². The highest BCUT2D eigenvalue weighted by atomic mass is 32.2. The molecule has 2 heterocycles. The number of aromatic nitrogens is 1. The number of pyridine rings is 1. The summed E-state index contributed by atoms with van der Waals surface area (Å²) in [5.41, 5.74) is 3.96. The molecular weight excluding hydrogens is 338 g/mol. The van der Waals surface area contributed by atoms with Gasteiger partial charge in [0.05, 0.1) is 22.8 Å². The molecule has 1 fully saturated rings. The third kappa shape index (κ3) is 4.57. The molecule has 2 N–H and O–H groups in total. The van der Waals surface area contributed by atoms with Crippen molar-refractivity contribution in [3.63, 3.8) is 0 Å². The number of rotatable bonds is 4. The predicted octanol–water partition coefficient (Wildman–Crippen LogP) is 2.55. The number of hydrogen-bond donors (Lipinski definition) is 2. The van der Waals surface area contributed by atoms with Crippen molar-refractivity contribution in [2.24, 2.45) is 0 Å². The van der Waals surface area contributed by atoms with E-state index in [9.17, 15) is 13.2 Å². The standard InChI is InChI=1S/C18H21N3O3S/c1-12-5-13(2)7-16(6-12)21-18(22)14-8-17(10-19-9-14)20-15-3-4-25(23,24)11-15/h5-10,15,20H,3-4,11H2,1-2H3,(H,21,22). The Balaban J connectivity index is 1.71. The smallest absolute Gasteiger partial charge is 0.257 e. The average Bonchev–Trinajstić information content (AvgIpc) is 2.85. The minimum Gasteiger partial charge on any atom is -0.380 e. The first-order valence-corrected chi connectivity index (χ1v) is 9.94. The van der Waals surface area contributed by atoms with Gasteiger partial charge in [0.2, 0.25) is 0 Å². The van der Waals surface area contributed by atoms with Crippen LogP contribution in [0.5, 0.6) is 0 Å². The summed E-state index contributed by atoms with van der Waals surface area (Å²) in [6, 6.07) is 7.41. The zero-order chi connectivity index (χ0) is 18.0. The van der Waals surface area contributed by atoms with Crippen LogP contribution in [0.15, 0.2) is 36.7 Å². The molecule has 1 saturated heterocycles. The van der Waals surface area contributed by atoms with Crippen LogP contribution in [0.1, 0.15) is 27.9 Å². The maximum Gasteiger partial charge on any atom is 0.257 e. The summed E-state index contributed by atoms with van der Waals surface area (Å²) in [6.07, 6.45) is 3.66. The molecule has 2 aromatic rings. The maximum absolute atomic E-state index is 12.5. The number of amides is 1. The molecule has 6 nitrogen and oxygen atoms in total. The molecule has 1 aliphatic heterocycles. The van der Waals surface area contributed by atoms with Gasteiger partial charge in [0, 0.05) is 24.1 Å². The van der Waals surface area contributed by atoms with Crippen molar-refractivity contribution in [1.82, 2.24) is 4.98 Å². The van der Waals surface area contributed by atoms with Crippen LogP contribution >= 0.6 is 0 Å². The third-order valence-corrected chi connectivity index (χ3v) is 5.85. The van der Waals surface area contributed by atoms with Gasteiger partial charge >= 0.3 is 0 Å². The van der Waals surface area contributed by atoms with Gasteiger partial charge in [-0.25, -0.2) is 8.42 Å². The Kier molecular flexibility index (Phi) is 4.76. The Morgan fingerprint density at radius 2 is 1.80 bits per heavy atom. The first-order chi connectivity index (χ1) is 11.8. The van der Waals surface area contributed by atoms with Crippen molar-refractivity contribution in [2.45, 2.75) is 26.3 Å². The van der Waals surface area contributed by atoms with Crippen LogP contribution < -0.4 is 10.6 Å². The maximum atomic E-state index is 12.5. The van der Waals surface area contributed by atoms with Crippen LogP contribution in [0.2, 0.25) is 0 Å². The third-order valence-electron chi connectivity index (χ3n) is 4.08. The number of nitrogens with zero attached hydrogens (tertiary/aromatic N) is 1. The van der Waals surface area contributed by atoms with E-state index in [-0.39, 0.29) is 23.5 Å². The Hall–Kier alpha value is -2.41. The number of carbonyl (C=O) groups is 1. The van der Waals surface area contributed by atoms with Crippen molar-refractivity contribution in [1.29, 1.82) is 0 Å². The van der Waals surface area contributed by atoms with Gasteiger partial charge in [-0.3, -0.25) is 9.78 Å². The molecule has 0 saturated carbocycles. The highest BCUT2D eigenvalue weighted by molar-refractivity contribution is 7.91. The van der Waals surface area contributed by atoms with Gasteiger partial charge < -0.3 is 10.6 Å². The summed E-state index contributed by atoms with van der Waals surface area (Å²) in [5.74, 6) is 0.0666. The van der Waals surface area contributed by atoms with Crippen molar-refractivity contribution >= 4 is 27.1 Å². The molecule has 132 valence electrons. The summed E-state index contributed by atoms with van der Waals surface area (Å²) in [7, 11) is -2.95. The topological polar surface area (TPSA) is 88.2 Å². The van der Waals surface area contributed by atoms with E-state index in [1.54, 1.807) is 12.3 Å². The van der Waals surface area contributed by atoms with Crippen LogP contribution in [0.4, 0.5) is 11.4 Å². The molecule has 1 aliphatic rings. The van der Waals surface area contributed by atoms with Crippen molar-refractivity contribution in [3.8, 4) is 0 Å². The molecule has 1 aromatic carbocycles. The molecule has 0 spiro atoms. The number of carbonyl (C=O) groups excluding carboxylic acids is 1. The minimum absolute atomic E-state index is 0.117. The van der Waals surface area contributed by atoms with Crippen molar-refractivity contribution in [3.05, 3.63) is 53.3 Å². The van der Waals surface area contributed by atoms with Gasteiger partial charge in [0.1, 0.15) is 0 Å². The number of anilines is 2. The molecule has 1 unspecified atom stereocenters. The van der Waals surface area contributed by atoms with E-state index < -0.39 is 9.84 Å². The predicted molar refractivity (Wildman–Crippen MR) is 98.8 cm³/mol. The number of nitrogens with one attached hydrogen (secondary N) is 2. The summed E-state index contributed by atoms with van der Waals surface area (Å²) in [4.78, 5) is 16.5. The van der Waals surface area contributed by atoms with Crippen molar-refractivity contribution in [2.75, 3.05) is 22.1 Å². The molecule has 0 aliphatic carbocycles. The first-order valence-electron chi connectivity index (χ1n) is 8.12. The van der Waals surface area contributed by atoms with Gasteiger partial charge in [-0.05, 0) is 49.6 Å². The first kappa shape index (κ1) is 17.4. The number of sulfone groups is 1. The zero-order valence-corrected chi connectivity index (χ0v) is 15.1. The highest BCUT2D eigenvalue weighted by Crippen LogP contribution is 2.19. The fourth-order valence-corrected chi connectivity index (χ4v) is 4.71. The second-order valence-corrected chi connectivity index (χ2v) is 8.77. The normalized spacial score (nSPS) is 18.7. The highest BCUT2D eigenvalue weighted by Gasteiger charge is 2.27. The number of benzene rings is 1.